The minimum atomic E-state index is -0.626. The van der Waals surface area contributed by atoms with Crippen LogP contribution in [0.3, 0.4) is 0 Å². The molecule has 2 aliphatic rings. The van der Waals surface area contributed by atoms with E-state index in [2.05, 4.69) is 51.4 Å². The Morgan fingerprint density at radius 2 is 1.83 bits per heavy atom. The van der Waals surface area contributed by atoms with E-state index in [1.165, 1.54) is 5.69 Å². The van der Waals surface area contributed by atoms with Crippen LogP contribution in [0.25, 0.3) is 11.1 Å². The van der Waals surface area contributed by atoms with E-state index in [4.69, 9.17) is 4.74 Å². The van der Waals surface area contributed by atoms with Crippen molar-refractivity contribution in [3.63, 3.8) is 0 Å². The number of carbonyl (C=O) groups excluding carboxylic acids is 2. The number of fused-ring (bicyclic) bond motifs is 1. The smallest absolute Gasteiger partial charge is 0.261 e. The van der Waals surface area contributed by atoms with E-state index in [9.17, 15) is 9.59 Å². The fourth-order valence-corrected chi connectivity index (χ4v) is 4.65. The summed E-state index contributed by atoms with van der Waals surface area (Å²) >= 11 is 0. The van der Waals surface area contributed by atoms with Gasteiger partial charge in [0.05, 0.1) is 0 Å². The summed E-state index contributed by atoms with van der Waals surface area (Å²) in [4.78, 5) is 33.8. The highest BCUT2D eigenvalue weighted by Gasteiger charge is 2.32. The molecule has 5 rings (SSSR count). The van der Waals surface area contributed by atoms with Crippen LogP contribution in [0.5, 0.6) is 5.88 Å². The molecule has 7 heteroatoms. The van der Waals surface area contributed by atoms with Crippen LogP contribution in [0.15, 0.2) is 60.8 Å². The van der Waals surface area contributed by atoms with Crippen LogP contribution < -0.4 is 15.0 Å². The number of anilines is 1. The van der Waals surface area contributed by atoms with Gasteiger partial charge in [-0.3, -0.25) is 9.59 Å². The van der Waals surface area contributed by atoms with Crippen molar-refractivity contribution in [1.29, 1.82) is 0 Å². The van der Waals surface area contributed by atoms with Gasteiger partial charge < -0.3 is 19.9 Å². The molecule has 1 unspecified atom stereocenters. The summed E-state index contributed by atoms with van der Waals surface area (Å²) in [5, 5.41) is 3.01. The molecule has 0 saturated carbocycles. The van der Waals surface area contributed by atoms with Crippen molar-refractivity contribution >= 4 is 17.4 Å². The molecular formula is C28H30N4O3. The number of likely N-dealkylation sites (N-methyl/N-ethyl adjacent to an activating group) is 1. The van der Waals surface area contributed by atoms with Gasteiger partial charge in [0.25, 0.3) is 5.91 Å². The summed E-state index contributed by atoms with van der Waals surface area (Å²) in [5.41, 5.74) is 5.67. The molecular weight excluding hydrogens is 440 g/mol. The number of piperazine rings is 1. The van der Waals surface area contributed by atoms with Crippen molar-refractivity contribution in [2.45, 2.75) is 26.0 Å². The quantitative estimate of drug-likeness (QED) is 0.557. The number of ether oxygens (including phenoxy) is 1. The summed E-state index contributed by atoms with van der Waals surface area (Å²) in [6, 6.07) is 17.8. The first kappa shape index (κ1) is 23.1. The van der Waals surface area contributed by atoms with Gasteiger partial charge in [-0.05, 0) is 54.9 Å². The van der Waals surface area contributed by atoms with Gasteiger partial charge in [0.2, 0.25) is 5.88 Å². The first-order valence-electron chi connectivity index (χ1n) is 12.0. The Hall–Kier alpha value is -3.71. The number of nitrogens with zero attached hydrogens (tertiary/aromatic N) is 3. The van der Waals surface area contributed by atoms with Crippen LogP contribution in [-0.4, -0.2) is 60.9 Å². The predicted molar refractivity (Wildman–Crippen MR) is 136 cm³/mol. The average molecular weight is 471 g/mol. The molecule has 1 fully saturated rings. The highest BCUT2D eigenvalue weighted by atomic mass is 16.5. The number of carbonyl (C=O) groups is 2. The summed E-state index contributed by atoms with van der Waals surface area (Å²) in [6.07, 6.45) is 1.49. The predicted octanol–water partition coefficient (Wildman–Crippen LogP) is 3.32. The van der Waals surface area contributed by atoms with Crippen LogP contribution in [0.4, 0.5) is 5.69 Å². The number of amides is 1. The van der Waals surface area contributed by atoms with E-state index < -0.39 is 6.10 Å². The fraction of sp³-hybridized carbons (Fsp3) is 0.321. The Morgan fingerprint density at radius 3 is 2.57 bits per heavy atom. The van der Waals surface area contributed by atoms with Crippen LogP contribution >= 0.6 is 0 Å². The monoisotopic (exact) mass is 470 g/mol. The van der Waals surface area contributed by atoms with Gasteiger partial charge in [0.15, 0.2) is 11.9 Å². The minimum Gasteiger partial charge on any atom is -0.464 e. The third-order valence-corrected chi connectivity index (χ3v) is 6.80. The molecule has 0 bridgehead atoms. The molecule has 3 aromatic rings. The molecule has 0 spiro atoms. The molecule has 1 aromatic heterocycles. The number of benzene rings is 2. The zero-order valence-electron chi connectivity index (χ0n) is 20.2. The van der Waals surface area contributed by atoms with Gasteiger partial charge in [0, 0.05) is 62.2 Å². The Balaban J connectivity index is 1.21. The maximum Gasteiger partial charge on any atom is 0.261 e. The van der Waals surface area contributed by atoms with Crippen molar-refractivity contribution in [3.8, 4) is 17.0 Å². The number of Topliss-reactive ketones (excluding diaryl/α,β-unsaturated/α-hetero) is 1. The summed E-state index contributed by atoms with van der Waals surface area (Å²) in [7, 11) is 2.15. The Labute approximate surface area is 205 Å². The van der Waals surface area contributed by atoms with Gasteiger partial charge in [-0.1, -0.05) is 30.3 Å². The lowest BCUT2D eigenvalue weighted by atomic mass is 9.96. The van der Waals surface area contributed by atoms with Crippen molar-refractivity contribution in [2.24, 2.45) is 0 Å². The summed E-state index contributed by atoms with van der Waals surface area (Å²) < 4.78 is 5.90. The standard InChI is InChI=1S/C28H30N4O3/c1-19(33)21-4-3-5-22(16-21)24-10-11-29-28-25(24)17-26(35-28)27(34)30-18-20-6-8-23(9-7-20)32-14-12-31(2)13-15-32/h3-11,16,26H,12-15,17-18H2,1-2H3,(H,30,34). The Morgan fingerprint density at radius 1 is 1.06 bits per heavy atom. The van der Waals surface area contributed by atoms with Gasteiger partial charge in [-0.2, -0.15) is 0 Å². The number of pyridine rings is 1. The number of ketones is 1. The van der Waals surface area contributed by atoms with E-state index in [1.807, 2.05) is 24.3 Å². The Bertz CT molecular complexity index is 1230. The van der Waals surface area contributed by atoms with Gasteiger partial charge in [-0.15, -0.1) is 0 Å². The SMILES string of the molecule is CC(=O)c1cccc(-c2ccnc3c2CC(C(=O)NCc2ccc(N4CCN(C)CC4)cc2)O3)c1. The molecule has 2 aromatic carbocycles. The van der Waals surface area contributed by atoms with E-state index >= 15 is 0 Å². The van der Waals surface area contributed by atoms with Crippen LogP contribution in [0, 0.1) is 0 Å². The van der Waals surface area contributed by atoms with Gasteiger partial charge in [0.1, 0.15) is 0 Å². The molecule has 1 atom stereocenters. The fourth-order valence-electron chi connectivity index (χ4n) is 4.65. The normalized spacial score (nSPS) is 17.5. The molecule has 1 saturated heterocycles. The molecule has 0 aliphatic carbocycles. The average Bonchev–Trinajstić information content (AvgIpc) is 3.33. The van der Waals surface area contributed by atoms with E-state index in [1.54, 1.807) is 19.2 Å². The largest absolute Gasteiger partial charge is 0.464 e. The first-order valence-corrected chi connectivity index (χ1v) is 12.0. The molecule has 1 N–H and O–H groups in total. The van der Waals surface area contributed by atoms with Crippen molar-refractivity contribution in [1.82, 2.24) is 15.2 Å². The molecule has 0 radical (unpaired) electrons. The second-order valence-corrected chi connectivity index (χ2v) is 9.26. The number of aromatic nitrogens is 1. The van der Waals surface area contributed by atoms with Crippen molar-refractivity contribution in [2.75, 3.05) is 38.1 Å². The number of hydrogen-bond acceptors (Lipinski definition) is 6. The van der Waals surface area contributed by atoms with E-state index in [0.29, 0.717) is 24.4 Å². The van der Waals surface area contributed by atoms with Crippen LogP contribution in [0.1, 0.15) is 28.4 Å². The van der Waals surface area contributed by atoms with Gasteiger partial charge >= 0.3 is 0 Å². The zero-order valence-corrected chi connectivity index (χ0v) is 20.2. The van der Waals surface area contributed by atoms with Crippen molar-refractivity contribution in [3.05, 3.63) is 77.5 Å². The lowest BCUT2D eigenvalue weighted by Gasteiger charge is -2.34. The molecule has 7 nitrogen and oxygen atoms in total. The second-order valence-electron chi connectivity index (χ2n) is 9.26. The molecule has 1 amide bonds. The number of rotatable bonds is 6. The van der Waals surface area contributed by atoms with Crippen LogP contribution in [-0.2, 0) is 17.8 Å². The summed E-state index contributed by atoms with van der Waals surface area (Å²) in [6.45, 7) is 6.20. The summed E-state index contributed by atoms with van der Waals surface area (Å²) in [5.74, 6) is 0.338. The van der Waals surface area contributed by atoms with Crippen LogP contribution in [0.2, 0.25) is 0 Å². The van der Waals surface area contributed by atoms with E-state index in [-0.39, 0.29) is 11.7 Å². The number of nitrogens with one attached hydrogen (secondary N) is 1. The highest BCUT2D eigenvalue weighted by Crippen LogP contribution is 2.35. The van der Waals surface area contributed by atoms with E-state index in [0.717, 1.165) is 48.4 Å². The maximum atomic E-state index is 12.9. The molecule has 2 aliphatic heterocycles. The third kappa shape index (κ3) is 5.05. The molecule has 35 heavy (non-hydrogen) atoms. The lowest BCUT2D eigenvalue weighted by molar-refractivity contribution is -0.127. The highest BCUT2D eigenvalue weighted by molar-refractivity contribution is 5.95. The minimum absolute atomic E-state index is 0.0163. The second kappa shape index (κ2) is 9.88. The van der Waals surface area contributed by atoms with Crippen molar-refractivity contribution < 1.29 is 14.3 Å². The third-order valence-electron chi connectivity index (χ3n) is 6.80. The lowest BCUT2D eigenvalue weighted by Crippen LogP contribution is -2.44. The zero-order chi connectivity index (χ0) is 24.4. The maximum absolute atomic E-state index is 12.9. The molecule has 3 heterocycles. The van der Waals surface area contributed by atoms with Gasteiger partial charge in [-0.25, -0.2) is 4.98 Å². The Kier molecular flexibility index (Phi) is 6.51. The number of hydrogen-bond donors (Lipinski definition) is 1. The molecule has 180 valence electrons. The topological polar surface area (TPSA) is 74.8 Å². The first-order chi connectivity index (χ1) is 17.0.